The summed E-state index contributed by atoms with van der Waals surface area (Å²) in [6.45, 7) is 0. The van der Waals surface area contributed by atoms with Crippen LogP contribution in [0.5, 0.6) is 5.75 Å². The Bertz CT molecular complexity index is 497. The largest absolute Gasteiger partial charge is 0.414 e. The first-order valence-electron chi connectivity index (χ1n) is 6.60. The van der Waals surface area contributed by atoms with E-state index >= 15 is 0 Å². The summed E-state index contributed by atoms with van der Waals surface area (Å²) in [5.41, 5.74) is 2.06. The van der Waals surface area contributed by atoms with Crippen molar-refractivity contribution in [2.75, 3.05) is 56.4 Å². The molecule has 1 amide bonds. The molecule has 0 saturated carbocycles. The number of benzene rings is 1. The van der Waals surface area contributed by atoms with E-state index in [1.807, 2.05) is 33.3 Å². The quantitative estimate of drug-likeness (QED) is 0.795. The molecular weight excluding hydrogens is 254 g/mol. The van der Waals surface area contributed by atoms with E-state index in [1.165, 1.54) is 4.90 Å². The van der Waals surface area contributed by atoms with Crippen molar-refractivity contribution >= 4 is 17.5 Å². The summed E-state index contributed by atoms with van der Waals surface area (Å²) in [5.74, 6) is 0.613. The van der Waals surface area contributed by atoms with Crippen LogP contribution in [0.3, 0.4) is 0 Å². The van der Waals surface area contributed by atoms with Crippen LogP contribution in [-0.2, 0) is 0 Å². The van der Waals surface area contributed by atoms with Crippen molar-refractivity contribution in [2.45, 2.75) is 0 Å². The van der Waals surface area contributed by atoms with E-state index in [-0.39, 0.29) is 6.09 Å². The third-order valence-electron chi connectivity index (χ3n) is 3.00. The van der Waals surface area contributed by atoms with E-state index in [0.29, 0.717) is 14.7 Å². The Morgan fingerprint density at radius 1 is 1.00 bits per heavy atom. The van der Waals surface area contributed by atoms with Crippen LogP contribution in [-0.4, -0.2) is 67.4 Å². The monoisotopic (exact) mass is 281 g/mol. The number of carbonyl (C=O) groups is 1. The summed E-state index contributed by atoms with van der Waals surface area (Å²) in [6, 6.07) is 6.04. The molecule has 0 bridgehead atoms. The summed E-state index contributed by atoms with van der Waals surface area (Å²) in [7, 11) is 15.8. The highest BCUT2D eigenvalue weighted by atomic mass is 16.6. The van der Waals surface area contributed by atoms with Crippen molar-refractivity contribution in [3.05, 3.63) is 18.2 Å². The number of amides is 1. The lowest BCUT2D eigenvalue weighted by Gasteiger charge is -2.28. The Morgan fingerprint density at radius 2 is 1.55 bits per heavy atom. The Kier molecular flexibility index (Phi) is 4.46. The Morgan fingerprint density at radius 3 is 1.95 bits per heavy atom. The Balaban J connectivity index is 3.31. The molecule has 112 valence electrons. The van der Waals surface area contributed by atoms with Gasteiger partial charge in [-0.05, 0) is 0 Å². The molecular formula is C15H27N3O2+2. The molecule has 0 heterocycles. The maximum Gasteiger partial charge on any atom is 0.414 e. The molecule has 0 unspecified atom stereocenters. The van der Waals surface area contributed by atoms with Crippen molar-refractivity contribution in [3.63, 3.8) is 0 Å². The number of nitrogens with zero attached hydrogens (tertiary/aromatic N) is 3. The second-order valence-electron chi connectivity index (χ2n) is 6.94. The van der Waals surface area contributed by atoms with Gasteiger partial charge in [0, 0.05) is 32.3 Å². The van der Waals surface area contributed by atoms with Gasteiger partial charge in [0.05, 0.1) is 42.3 Å². The first-order chi connectivity index (χ1) is 8.93. The normalized spacial score (nSPS) is 12.2. The highest BCUT2D eigenvalue weighted by molar-refractivity contribution is 5.74. The lowest BCUT2D eigenvalue weighted by molar-refractivity contribution is 0.171. The molecule has 0 radical (unpaired) electrons. The molecule has 0 fully saturated rings. The van der Waals surface area contributed by atoms with Gasteiger partial charge in [0.25, 0.3) is 0 Å². The van der Waals surface area contributed by atoms with Crippen molar-refractivity contribution < 1.29 is 9.53 Å². The molecule has 0 N–H and O–H groups in total. The molecule has 1 rings (SSSR count). The van der Waals surface area contributed by atoms with Gasteiger partial charge >= 0.3 is 6.09 Å². The van der Waals surface area contributed by atoms with Crippen LogP contribution >= 0.6 is 0 Å². The fraction of sp³-hybridized carbons (Fsp3) is 0.533. The van der Waals surface area contributed by atoms with Gasteiger partial charge in [-0.1, -0.05) is 0 Å². The minimum absolute atomic E-state index is 0.363. The van der Waals surface area contributed by atoms with Crippen LogP contribution in [0.4, 0.5) is 16.2 Å². The molecule has 0 saturated heterocycles. The molecule has 0 aromatic heterocycles. The van der Waals surface area contributed by atoms with Gasteiger partial charge in [0.1, 0.15) is 5.69 Å². The molecule has 5 heteroatoms. The van der Waals surface area contributed by atoms with Crippen molar-refractivity contribution in [3.8, 4) is 5.75 Å². The highest BCUT2D eigenvalue weighted by Crippen LogP contribution is 2.35. The van der Waals surface area contributed by atoms with E-state index in [2.05, 4.69) is 27.2 Å². The third-order valence-corrected chi connectivity index (χ3v) is 3.00. The van der Waals surface area contributed by atoms with Crippen LogP contribution < -0.4 is 13.7 Å². The molecule has 0 aliphatic carbocycles. The summed E-state index contributed by atoms with van der Waals surface area (Å²) in [5, 5.41) is 0. The summed E-state index contributed by atoms with van der Waals surface area (Å²) >= 11 is 0. The highest BCUT2D eigenvalue weighted by Gasteiger charge is 2.25. The number of ether oxygens (including phenoxy) is 1. The second-order valence-corrected chi connectivity index (χ2v) is 6.94. The van der Waals surface area contributed by atoms with Crippen LogP contribution in [0.2, 0.25) is 0 Å². The predicted molar refractivity (Wildman–Crippen MR) is 85.3 cm³/mol. The lowest BCUT2D eigenvalue weighted by Crippen LogP contribution is -2.37. The minimum atomic E-state index is -0.363. The molecule has 20 heavy (non-hydrogen) atoms. The predicted octanol–water partition coefficient (Wildman–Crippen LogP) is 2.14. The average molecular weight is 281 g/mol. The Hall–Kier alpha value is -1.59. The van der Waals surface area contributed by atoms with Gasteiger partial charge < -0.3 is 9.64 Å². The maximum absolute atomic E-state index is 11.8. The molecule has 1 aromatic rings. The van der Waals surface area contributed by atoms with Crippen molar-refractivity contribution in [1.29, 1.82) is 0 Å². The second kappa shape index (κ2) is 5.42. The van der Waals surface area contributed by atoms with Crippen LogP contribution in [0, 0.1) is 0 Å². The molecule has 1 aromatic carbocycles. The van der Waals surface area contributed by atoms with Gasteiger partial charge in [-0.3, -0.25) is 8.97 Å². The number of carbonyl (C=O) groups excluding carboxylic acids is 1. The number of hydrogen-bond donors (Lipinski definition) is 0. The minimum Gasteiger partial charge on any atom is -0.404 e. The molecule has 0 atom stereocenters. The number of quaternary nitrogens is 2. The van der Waals surface area contributed by atoms with Crippen LogP contribution in [0.15, 0.2) is 18.2 Å². The zero-order chi connectivity index (χ0) is 15.7. The zero-order valence-corrected chi connectivity index (χ0v) is 13.9. The van der Waals surface area contributed by atoms with Gasteiger partial charge in [0.15, 0.2) is 11.4 Å². The van der Waals surface area contributed by atoms with Gasteiger partial charge in [-0.15, -0.1) is 0 Å². The van der Waals surface area contributed by atoms with Crippen molar-refractivity contribution in [1.82, 2.24) is 13.9 Å². The molecule has 0 spiro atoms. The topological polar surface area (TPSA) is 29.5 Å². The molecule has 0 aliphatic heterocycles. The summed E-state index contributed by atoms with van der Waals surface area (Å²) in [4.78, 5) is 13.3. The standard InChI is InChI=1S/C15H27N3O2/c1-16(2)15(19)20-14-11-12(17(3,4)5)9-10-13(14)18(6,7)8/h9-11H,1-8H3/q+2. The average Bonchev–Trinajstić information content (AvgIpc) is 2.25. The first kappa shape index (κ1) is 16.5. The van der Waals surface area contributed by atoms with Crippen LogP contribution in [0.25, 0.3) is 0 Å². The molecule has 5 nitrogen and oxygen atoms in total. The lowest BCUT2D eigenvalue weighted by atomic mass is 10.2. The van der Waals surface area contributed by atoms with E-state index < -0.39 is 0 Å². The van der Waals surface area contributed by atoms with E-state index in [0.717, 1.165) is 11.4 Å². The van der Waals surface area contributed by atoms with E-state index in [9.17, 15) is 4.79 Å². The third kappa shape index (κ3) is 3.95. The SMILES string of the molecule is CN(C)C(=O)Oc1cc([N+](C)(C)C)ccc1[N+](C)(C)C. The van der Waals surface area contributed by atoms with Crippen LogP contribution in [0.1, 0.15) is 0 Å². The summed E-state index contributed by atoms with van der Waals surface area (Å²) in [6.07, 6.45) is -0.363. The first-order valence-corrected chi connectivity index (χ1v) is 6.60. The summed E-state index contributed by atoms with van der Waals surface area (Å²) < 4.78 is 6.79. The van der Waals surface area contributed by atoms with Gasteiger partial charge in [-0.2, -0.15) is 0 Å². The van der Waals surface area contributed by atoms with Crippen molar-refractivity contribution in [2.24, 2.45) is 0 Å². The molecule has 0 aliphatic rings. The zero-order valence-electron chi connectivity index (χ0n) is 13.9. The van der Waals surface area contributed by atoms with E-state index in [1.54, 1.807) is 14.1 Å². The van der Waals surface area contributed by atoms with E-state index in [4.69, 9.17) is 4.74 Å². The Labute approximate surface area is 122 Å². The smallest absolute Gasteiger partial charge is 0.404 e. The number of rotatable bonds is 3. The van der Waals surface area contributed by atoms with Gasteiger partial charge in [0.2, 0.25) is 0 Å². The van der Waals surface area contributed by atoms with Gasteiger partial charge in [-0.25, -0.2) is 4.79 Å². The maximum atomic E-state index is 11.8. The number of hydrogen-bond acceptors (Lipinski definition) is 2. The fourth-order valence-electron chi connectivity index (χ4n) is 1.74. The fourth-order valence-corrected chi connectivity index (χ4v) is 1.74.